The Morgan fingerprint density at radius 1 is 1.27 bits per heavy atom. The van der Waals surface area contributed by atoms with Crippen LogP contribution in [0.2, 0.25) is 0 Å². The van der Waals surface area contributed by atoms with Gasteiger partial charge in [0.25, 0.3) is 0 Å². The van der Waals surface area contributed by atoms with Crippen LogP contribution in [0.25, 0.3) is 0 Å². The number of alkyl carbamates (subject to hydrolysis) is 1. The van der Waals surface area contributed by atoms with Crippen LogP contribution in [0.3, 0.4) is 0 Å². The molecule has 0 aromatic heterocycles. The summed E-state index contributed by atoms with van der Waals surface area (Å²) in [5.74, 6) is 2.36. The quantitative estimate of drug-likeness (QED) is 0.532. The van der Waals surface area contributed by atoms with Gasteiger partial charge in [-0.1, -0.05) is 44.9 Å². The van der Waals surface area contributed by atoms with Crippen molar-refractivity contribution in [3.63, 3.8) is 0 Å². The highest BCUT2D eigenvalue weighted by Crippen LogP contribution is 2.56. The molecule has 5 atom stereocenters. The van der Waals surface area contributed by atoms with Crippen molar-refractivity contribution in [1.29, 1.82) is 0 Å². The van der Waals surface area contributed by atoms with Crippen molar-refractivity contribution in [2.75, 3.05) is 26.6 Å². The monoisotopic (exact) mass is 415 g/mol. The first-order valence-electron chi connectivity index (χ1n) is 11.1. The molecule has 1 aliphatic carbocycles. The predicted molar refractivity (Wildman–Crippen MR) is 114 cm³/mol. The molecule has 0 saturated carbocycles. The molecule has 0 spiro atoms. The molecule has 5 unspecified atom stereocenters. The number of rotatable bonds is 6. The Kier molecular flexibility index (Phi) is 5.96. The number of ether oxygens (including phenoxy) is 4. The van der Waals surface area contributed by atoms with Crippen LogP contribution in [-0.4, -0.2) is 32.6 Å². The van der Waals surface area contributed by atoms with Crippen molar-refractivity contribution in [2.24, 2.45) is 23.2 Å². The van der Waals surface area contributed by atoms with Gasteiger partial charge in [0.1, 0.15) is 6.61 Å². The van der Waals surface area contributed by atoms with E-state index in [1.54, 1.807) is 0 Å². The predicted octanol–water partition coefficient (Wildman–Crippen LogP) is 4.85. The summed E-state index contributed by atoms with van der Waals surface area (Å²) in [6.45, 7) is 10.6. The molecule has 3 aliphatic rings. The lowest BCUT2D eigenvalue weighted by Crippen LogP contribution is -2.54. The van der Waals surface area contributed by atoms with E-state index in [9.17, 15) is 4.79 Å². The summed E-state index contributed by atoms with van der Waals surface area (Å²) in [7, 11) is 0. The van der Waals surface area contributed by atoms with E-state index < -0.39 is 0 Å². The molecule has 164 valence electrons. The number of hydrogen-bond donors (Lipinski definition) is 1. The minimum atomic E-state index is -0.335. The van der Waals surface area contributed by atoms with Gasteiger partial charge in [-0.05, 0) is 42.9 Å². The summed E-state index contributed by atoms with van der Waals surface area (Å²) in [6, 6.07) is 6.07. The van der Waals surface area contributed by atoms with Crippen LogP contribution in [-0.2, 0) is 9.47 Å². The van der Waals surface area contributed by atoms with E-state index in [4.69, 9.17) is 18.9 Å². The van der Waals surface area contributed by atoms with Gasteiger partial charge in [0.2, 0.25) is 6.79 Å². The molecule has 1 fully saturated rings. The Morgan fingerprint density at radius 2 is 2.07 bits per heavy atom. The molecular weight excluding hydrogens is 382 g/mol. The van der Waals surface area contributed by atoms with Crippen LogP contribution < -0.4 is 14.8 Å². The maximum atomic E-state index is 12.2. The van der Waals surface area contributed by atoms with Crippen LogP contribution in [0.1, 0.15) is 52.2 Å². The molecule has 6 heteroatoms. The highest BCUT2D eigenvalue weighted by molar-refractivity contribution is 5.67. The molecule has 1 N–H and O–H groups in total. The molecule has 1 aromatic carbocycles. The van der Waals surface area contributed by atoms with Gasteiger partial charge in [0.15, 0.2) is 11.5 Å². The van der Waals surface area contributed by atoms with E-state index in [0.29, 0.717) is 25.7 Å². The Labute approximate surface area is 178 Å². The number of amides is 1. The second-order valence-electron chi connectivity index (χ2n) is 8.95. The first-order chi connectivity index (χ1) is 14.5. The molecule has 2 bridgehead atoms. The SMILES string of the molecule is CCCCNC(=O)OCC12COC(c3ccc4c(c3)OCO4)C(C(C)=CC1C)C2C. The lowest BCUT2D eigenvalue weighted by molar-refractivity contribution is -0.165. The average molecular weight is 416 g/mol. The first kappa shape index (κ1) is 21.0. The lowest BCUT2D eigenvalue weighted by Gasteiger charge is -2.55. The second-order valence-corrected chi connectivity index (χ2v) is 8.95. The highest BCUT2D eigenvalue weighted by Gasteiger charge is 2.54. The number of benzene rings is 1. The number of carbonyl (C=O) groups is 1. The van der Waals surface area contributed by atoms with Crippen LogP contribution in [0, 0.1) is 23.2 Å². The van der Waals surface area contributed by atoms with Crippen molar-refractivity contribution in [1.82, 2.24) is 5.32 Å². The zero-order valence-corrected chi connectivity index (χ0v) is 18.4. The summed E-state index contributed by atoms with van der Waals surface area (Å²) >= 11 is 0. The van der Waals surface area contributed by atoms with Gasteiger partial charge in [-0.3, -0.25) is 0 Å². The Bertz CT molecular complexity index is 822. The van der Waals surface area contributed by atoms with Crippen LogP contribution in [0.5, 0.6) is 11.5 Å². The largest absolute Gasteiger partial charge is 0.454 e. The smallest absolute Gasteiger partial charge is 0.407 e. The normalized spacial score (nSPS) is 31.8. The maximum Gasteiger partial charge on any atom is 0.407 e. The van der Waals surface area contributed by atoms with E-state index >= 15 is 0 Å². The fourth-order valence-electron chi connectivity index (χ4n) is 5.27. The Morgan fingerprint density at radius 3 is 2.87 bits per heavy atom. The molecule has 4 rings (SSSR count). The fraction of sp³-hybridized carbons (Fsp3) is 0.625. The zero-order valence-electron chi connectivity index (χ0n) is 18.4. The van der Waals surface area contributed by atoms with Crippen LogP contribution in [0.15, 0.2) is 29.8 Å². The zero-order chi connectivity index (χ0) is 21.3. The summed E-state index contributed by atoms with van der Waals surface area (Å²) in [5, 5.41) is 2.85. The van der Waals surface area contributed by atoms with Crippen molar-refractivity contribution in [2.45, 2.75) is 46.6 Å². The van der Waals surface area contributed by atoms with E-state index in [1.807, 2.05) is 12.1 Å². The maximum absolute atomic E-state index is 12.2. The topological polar surface area (TPSA) is 66.0 Å². The first-order valence-corrected chi connectivity index (χ1v) is 11.1. The number of fused-ring (bicyclic) bond motifs is 3. The summed E-state index contributed by atoms with van der Waals surface area (Å²) in [5.41, 5.74) is 2.21. The second kappa shape index (κ2) is 8.50. The number of carbonyl (C=O) groups excluding carboxylic acids is 1. The molecule has 1 amide bonds. The van der Waals surface area contributed by atoms with E-state index in [-0.39, 0.29) is 36.2 Å². The third-order valence-electron chi connectivity index (χ3n) is 7.25. The standard InChI is InChI=1S/C24H33NO5/c1-5-6-9-25-23(26)28-13-24-12-27-22(21(17(24)4)15(2)10-16(24)3)18-7-8-19-20(11-18)30-14-29-19/h7-8,10-11,16-17,21-22H,5-6,9,12-14H2,1-4H3,(H,25,26). The van der Waals surface area contributed by atoms with E-state index in [1.165, 1.54) is 5.57 Å². The van der Waals surface area contributed by atoms with Crippen molar-refractivity contribution in [3.8, 4) is 11.5 Å². The lowest BCUT2D eigenvalue weighted by atomic mass is 9.56. The summed E-state index contributed by atoms with van der Waals surface area (Å²) in [4.78, 5) is 12.2. The van der Waals surface area contributed by atoms with Crippen molar-refractivity contribution < 1.29 is 23.7 Å². The number of allylic oxidation sites excluding steroid dienone is 1. The number of nitrogens with one attached hydrogen (secondary N) is 1. The van der Waals surface area contributed by atoms with Gasteiger partial charge in [-0.2, -0.15) is 0 Å². The van der Waals surface area contributed by atoms with Crippen molar-refractivity contribution >= 4 is 6.09 Å². The molecule has 2 aliphatic heterocycles. The van der Waals surface area contributed by atoms with Gasteiger partial charge >= 0.3 is 6.09 Å². The molecule has 0 radical (unpaired) electrons. The van der Waals surface area contributed by atoms with Crippen LogP contribution in [0.4, 0.5) is 4.79 Å². The van der Waals surface area contributed by atoms with E-state index in [0.717, 1.165) is 29.9 Å². The molecule has 30 heavy (non-hydrogen) atoms. The Hall–Kier alpha value is -2.21. The molecule has 6 nitrogen and oxygen atoms in total. The van der Waals surface area contributed by atoms with E-state index in [2.05, 4.69) is 45.2 Å². The number of unbranched alkanes of at least 4 members (excludes halogenated alkanes) is 1. The van der Waals surface area contributed by atoms with Gasteiger partial charge < -0.3 is 24.3 Å². The molecular formula is C24H33NO5. The highest BCUT2D eigenvalue weighted by atomic mass is 16.7. The average Bonchev–Trinajstić information content (AvgIpc) is 3.19. The Balaban J connectivity index is 1.52. The summed E-state index contributed by atoms with van der Waals surface area (Å²) < 4.78 is 23.2. The number of hydrogen-bond acceptors (Lipinski definition) is 5. The third-order valence-corrected chi connectivity index (χ3v) is 7.25. The summed E-state index contributed by atoms with van der Waals surface area (Å²) in [6.07, 6.45) is 3.95. The van der Waals surface area contributed by atoms with Crippen LogP contribution >= 0.6 is 0 Å². The molecule has 1 saturated heterocycles. The van der Waals surface area contributed by atoms with Gasteiger partial charge in [-0.25, -0.2) is 4.79 Å². The fourth-order valence-corrected chi connectivity index (χ4v) is 5.27. The minimum absolute atomic E-state index is 0.0512. The molecule has 2 heterocycles. The van der Waals surface area contributed by atoms with Crippen molar-refractivity contribution in [3.05, 3.63) is 35.4 Å². The van der Waals surface area contributed by atoms with Gasteiger partial charge in [0.05, 0.1) is 12.7 Å². The van der Waals surface area contributed by atoms with Gasteiger partial charge in [-0.15, -0.1) is 0 Å². The molecule has 1 aromatic rings. The third kappa shape index (κ3) is 3.66. The van der Waals surface area contributed by atoms with Gasteiger partial charge in [0, 0.05) is 17.9 Å². The minimum Gasteiger partial charge on any atom is -0.454 e.